The molecule has 2 saturated heterocycles. The number of hydrogen-bond donors (Lipinski definition) is 1. The first-order chi connectivity index (χ1) is 18.2. The Balaban J connectivity index is 1.14. The van der Waals surface area contributed by atoms with E-state index in [0.29, 0.717) is 0 Å². The van der Waals surface area contributed by atoms with E-state index in [-0.39, 0.29) is 0 Å². The zero-order valence-electron chi connectivity index (χ0n) is 21.2. The number of fused-ring (bicyclic) bond motifs is 1. The van der Waals surface area contributed by atoms with Crippen molar-refractivity contribution in [3.63, 3.8) is 0 Å². The molecule has 37 heavy (non-hydrogen) atoms. The first-order valence-corrected chi connectivity index (χ1v) is 13.9. The van der Waals surface area contributed by atoms with E-state index in [1.165, 1.54) is 48.3 Å². The molecular weight excluding hydrogens is 530 g/mol. The Bertz CT molecular complexity index is 1380. The molecule has 1 N–H and O–H groups in total. The normalized spacial score (nSPS) is 16.6. The van der Waals surface area contributed by atoms with Crippen LogP contribution < -0.4 is 14.5 Å². The number of hydrogen-bond acceptors (Lipinski definition) is 7. The molecule has 0 bridgehead atoms. The van der Waals surface area contributed by atoms with Gasteiger partial charge in [0.05, 0.1) is 5.39 Å². The van der Waals surface area contributed by atoms with E-state index >= 15 is 0 Å². The quantitative estimate of drug-likeness (QED) is 0.344. The SMILES string of the molecule is Cc1ccc(-c2cccc(OCCN3CCCC3)c2)cc1N1CCN(c2ncnc3[nH]nc(Br)c23)CC1. The van der Waals surface area contributed by atoms with Crippen LogP contribution in [-0.2, 0) is 0 Å². The van der Waals surface area contributed by atoms with E-state index < -0.39 is 0 Å². The summed E-state index contributed by atoms with van der Waals surface area (Å²) in [5.41, 5.74) is 5.73. The molecule has 2 fully saturated rings. The molecule has 2 aliphatic heterocycles. The summed E-state index contributed by atoms with van der Waals surface area (Å²) >= 11 is 3.54. The molecule has 0 aliphatic carbocycles. The van der Waals surface area contributed by atoms with Gasteiger partial charge in [0.25, 0.3) is 0 Å². The summed E-state index contributed by atoms with van der Waals surface area (Å²) in [6.45, 7) is 9.95. The van der Waals surface area contributed by atoms with Crippen LogP contribution in [0.15, 0.2) is 53.4 Å². The Kier molecular flexibility index (Phi) is 6.97. The number of piperazine rings is 1. The standard InChI is InChI=1S/C28H32BrN7O/c1-20-7-8-22(21-5-4-6-23(17-21)37-16-15-34-9-2-3-10-34)18-24(20)35-11-13-36(14-12-35)28-25-26(29)32-33-27(25)30-19-31-28/h4-8,17-19H,2-3,9-16H2,1H3,(H,30,31,32,33). The van der Waals surface area contributed by atoms with Crippen molar-refractivity contribution in [3.05, 3.63) is 59.0 Å². The fourth-order valence-electron chi connectivity index (χ4n) is 5.40. The van der Waals surface area contributed by atoms with E-state index in [2.05, 4.69) is 100 Å². The highest BCUT2D eigenvalue weighted by Gasteiger charge is 2.23. The van der Waals surface area contributed by atoms with Crippen molar-refractivity contribution in [1.82, 2.24) is 25.1 Å². The van der Waals surface area contributed by atoms with E-state index in [1.54, 1.807) is 6.33 Å². The highest BCUT2D eigenvalue weighted by Crippen LogP contribution is 2.32. The minimum atomic E-state index is 0.737. The summed E-state index contributed by atoms with van der Waals surface area (Å²) < 4.78 is 6.87. The molecule has 9 heteroatoms. The predicted molar refractivity (Wildman–Crippen MR) is 152 cm³/mol. The molecule has 0 amide bonds. The molecule has 0 spiro atoms. The first kappa shape index (κ1) is 24.2. The average molecular weight is 563 g/mol. The van der Waals surface area contributed by atoms with Gasteiger partial charge in [-0.05, 0) is 83.7 Å². The van der Waals surface area contributed by atoms with Crippen LogP contribution in [0.2, 0.25) is 0 Å². The average Bonchev–Trinajstić information content (AvgIpc) is 3.59. The first-order valence-electron chi connectivity index (χ1n) is 13.1. The van der Waals surface area contributed by atoms with Gasteiger partial charge in [0.1, 0.15) is 29.1 Å². The van der Waals surface area contributed by atoms with E-state index in [0.717, 1.165) is 66.5 Å². The number of H-pyrrole nitrogens is 1. The molecule has 0 radical (unpaired) electrons. The molecule has 2 aliphatic rings. The number of aryl methyl sites for hydroxylation is 1. The zero-order chi connectivity index (χ0) is 25.2. The summed E-state index contributed by atoms with van der Waals surface area (Å²) in [5.74, 6) is 1.87. The summed E-state index contributed by atoms with van der Waals surface area (Å²) in [4.78, 5) is 16.2. The lowest BCUT2D eigenvalue weighted by Crippen LogP contribution is -2.47. The second-order valence-electron chi connectivity index (χ2n) is 9.84. The zero-order valence-corrected chi connectivity index (χ0v) is 22.7. The van der Waals surface area contributed by atoms with Crippen molar-refractivity contribution in [2.24, 2.45) is 0 Å². The third-order valence-electron chi connectivity index (χ3n) is 7.46. The van der Waals surface area contributed by atoms with Crippen molar-refractivity contribution in [2.45, 2.75) is 19.8 Å². The van der Waals surface area contributed by atoms with Gasteiger partial charge in [0.2, 0.25) is 0 Å². The third kappa shape index (κ3) is 5.15. The van der Waals surface area contributed by atoms with Crippen LogP contribution in [0, 0.1) is 6.92 Å². The van der Waals surface area contributed by atoms with Gasteiger partial charge in [-0.25, -0.2) is 9.97 Å². The molecule has 2 aromatic carbocycles. The van der Waals surface area contributed by atoms with Gasteiger partial charge >= 0.3 is 0 Å². The van der Waals surface area contributed by atoms with Crippen LogP contribution in [-0.4, -0.2) is 77.5 Å². The predicted octanol–water partition coefficient (Wildman–Crippen LogP) is 4.89. The van der Waals surface area contributed by atoms with Gasteiger partial charge < -0.3 is 14.5 Å². The topological polar surface area (TPSA) is 73.4 Å². The molecule has 2 aromatic heterocycles. The number of aromatic amines is 1. The molecule has 0 atom stereocenters. The summed E-state index contributed by atoms with van der Waals surface area (Å²) in [6, 6.07) is 15.3. The van der Waals surface area contributed by atoms with Gasteiger partial charge in [-0.2, -0.15) is 5.10 Å². The second kappa shape index (κ2) is 10.7. The highest BCUT2D eigenvalue weighted by molar-refractivity contribution is 9.10. The van der Waals surface area contributed by atoms with Crippen LogP contribution in [0.5, 0.6) is 5.75 Å². The minimum absolute atomic E-state index is 0.737. The van der Waals surface area contributed by atoms with Gasteiger partial charge in [-0.1, -0.05) is 24.3 Å². The number of anilines is 2. The van der Waals surface area contributed by atoms with E-state index in [4.69, 9.17) is 4.74 Å². The number of likely N-dealkylation sites (tertiary alicyclic amines) is 1. The second-order valence-corrected chi connectivity index (χ2v) is 10.6. The fraction of sp³-hybridized carbons (Fsp3) is 0.393. The largest absolute Gasteiger partial charge is 0.492 e. The van der Waals surface area contributed by atoms with Crippen molar-refractivity contribution in [3.8, 4) is 16.9 Å². The van der Waals surface area contributed by atoms with Crippen molar-refractivity contribution >= 4 is 38.5 Å². The lowest BCUT2D eigenvalue weighted by Gasteiger charge is -2.37. The van der Waals surface area contributed by atoms with Gasteiger partial charge in [0.15, 0.2) is 5.65 Å². The number of aromatic nitrogens is 4. The third-order valence-corrected chi connectivity index (χ3v) is 8.04. The molecule has 0 unspecified atom stereocenters. The number of ether oxygens (including phenoxy) is 1. The molecule has 192 valence electrons. The molecular formula is C28H32BrN7O. The van der Waals surface area contributed by atoms with Crippen LogP contribution in [0.3, 0.4) is 0 Å². The smallest absolute Gasteiger partial charge is 0.161 e. The van der Waals surface area contributed by atoms with Crippen molar-refractivity contribution in [1.29, 1.82) is 0 Å². The number of rotatable bonds is 7. The Morgan fingerprint density at radius 2 is 1.70 bits per heavy atom. The fourth-order valence-corrected chi connectivity index (χ4v) is 5.86. The van der Waals surface area contributed by atoms with Crippen LogP contribution in [0.25, 0.3) is 22.2 Å². The minimum Gasteiger partial charge on any atom is -0.492 e. The van der Waals surface area contributed by atoms with Gasteiger partial charge in [0, 0.05) is 38.4 Å². The van der Waals surface area contributed by atoms with Crippen LogP contribution >= 0.6 is 15.9 Å². The Morgan fingerprint density at radius 1 is 0.919 bits per heavy atom. The van der Waals surface area contributed by atoms with Crippen LogP contribution in [0.4, 0.5) is 11.5 Å². The van der Waals surface area contributed by atoms with Crippen molar-refractivity contribution in [2.75, 3.05) is 62.2 Å². The lowest BCUT2D eigenvalue weighted by molar-refractivity contribution is 0.238. The van der Waals surface area contributed by atoms with Gasteiger partial charge in [-0.15, -0.1) is 0 Å². The van der Waals surface area contributed by atoms with Crippen molar-refractivity contribution < 1.29 is 4.74 Å². The summed E-state index contributed by atoms with van der Waals surface area (Å²) in [6.07, 6.45) is 4.23. The molecule has 6 rings (SSSR count). The Morgan fingerprint density at radius 3 is 2.54 bits per heavy atom. The monoisotopic (exact) mass is 561 g/mol. The maximum Gasteiger partial charge on any atom is 0.161 e. The maximum atomic E-state index is 6.11. The number of nitrogens with one attached hydrogen (secondary N) is 1. The molecule has 4 aromatic rings. The Labute approximate surface area is 225 Å². The summed E-state index contributed by atoms with van der Waals surface area (Å²) in [7, 11) is 0. The number of nitrogens with zero attached hydrogens (tertiary/aromatic N) is 6. The Hall–Kier alpha value is -3.17. The van der Waals surface area contributed by atoms with E-state index in [1.807, 2.05) is 0 Å². The molecule has 4 heterocycles. The molecule has 8 nitrogen and oxygen atoms in total. The molecule has 0 saturated carbocycles. The van der Waals surface area contributed by atoms with Crippen LogP contribution in [0.1, 0.15) is 18.4 Å². The highest BCUT2D eigenvalue weighted by atomic mass is 79.9. The summed E-state index contributed by atoms with van der Waals surface area (Å²) in [5, 5.41) is 8.15. The van der Waals surface area contributed by atoms with Gasteiger partial charge in [-0.3, -0.25) is 10.00 Å². The maximum absolute atomic E-state index is 6.11. The van der Waals surface area contributed by atoms with E-state index in [9.17, 15) is 0 Å². The number of benzene rings is 2. The number of halogens is 1. The lowest BCUT2D eigenvalue weighted by atomic mass is 10.0.